The zero-order valence-electron chi connectivity index (χ0n) is 25.7. The zero-order valence-corrected chi connectivity index (χ0v) is 26.5. The fraction of sp³-hybridized carbons (Fsp3) is 0.242. The molecule has 2 aromatic heterocycles. The molecule has 0 radical (unpaired) electrons. The van der Waals surface area contributed by atoms with E-state index in [-0.39, 0.29) is 30.8 Å². The average Bonchev–Trinajstić information content (AvgIpc) is 3.50. The van der Waals surface area contributed by atoms with Crippen molar-refractivity contribution in [3.05, 3.63) is 94.3 Å². The average molecular weight is 666 g/mol. The fourth-order valence-corrected chi connectivity index (χ4v) is 5.50. The van der Waals surface area contributed by atoms with Crippen LogP contribution in [0.1, 0.15) is 22.5 Å². The van der Waals surface area contributed by atoms with Crippen molar-refractivity contribution in [3.63, 3.8) is 0 Å². The molecule has 3 heterocycles. The van der Waals surface area contributed by atoms with Gasteiger partial charge in [0.25, 0.3) is 0 Å². The minimum absolute atomic E-state index is 0.0524. The molecule has 3 aromatic carbocycles. The van der Waals surface area contributed by atoms with E-state index in [4.69, 9.17) is 16.9 Å². The van der Waals surface area contributed by atoms with Crippen LogP contribution in [0.5, 0.6) is 0 Å². The summed E-state index contributed by atoms with van der Waals surface area (Å²) in [6.45, 7) is 3.94. The molecule has 48 heavy (non-hydrogen) atoms. The van der Waals surface area contributed by atoms with Crippen LogP contribution in [0, 0.1) is 11.3 Å². The molecule has 1 aliphatic rings. The maximum absolute atomic E-state index is 12.3. The van der Waals surface area contributed by atoms with Gasteiger partial charge < -0.3 is 30.9 Å². The van der Waals surface area contributed by atoms with E-state index in [2.05, 4.69) is 51.8 Å². The van der Waals surface area contributed by atoms with Crippen molar-refractivity contribution in [1.82, 2.24) is 34.7 Å². The monoisotopic (exact) mass is 665 g/mol. The molecular weight excluding hydrogens is 634 g/mol. The second kappa shape index (κ2) is 14.8. The molecule has 1 amide bonds. The van der Waals surface area contributed by atoms with Gasteiger partial charge in [-0.05, 0) is 53.6 Å². The van der Waals surface area contributed by atoms with Crippen molar-refractivity contribution in [2.24, 2.45) is 0 Å². The Balaban J connectivity index is 1.22. The number of nitrogens with one attached hydrogen (secondary N) is 4. The van der Waals surface area contributed by atoms with Gasteiger partial charge in [0.1, 0.15) is 11.9 Å². The summed E-state index contributed by atoms with van der Waals surface area (Å²) in [6, 6.07) is 21.0. The largest absolute Gasteiger partial charge is 0.480 e. The Labute approximate surface area is 280 Å². The first-order valence-corrected chi connectivity index (χ1v) is 15.6. The topological polar surface area (TPSA) is 188 Å². The highest BCUT2D eigenvalue weighted by Crippen LogP contribution is 2.21. The van der Waals surface area contributed by atoms with Crippen molar-refractivity contribution >= 4 is 58.5 Å². The van der Waals surface area contributed by atoms with Gasteiger partial charge in [-0.15, -0.1) is 0 Å². The highest BCUT2D eigenvalue weighted by molar-refractivity contribution is 6.31. The van der Waals surface area contributed by atoms with Crippen molar-refractivity contribution in [2.75, 3.05) is 42.1 Å². The van der Waals surface area contributed by atoms with Gasteiger partial charge in [0.05, 0.1) is 29.2 Å². The lowest BCUT2D eigenvalue weighted by Crippen LogP contribution is -2.45. The van der Waals surface area contributed by atoms with Crippen LogP contribution in [0.15, 0.2) is 66.7 Å². The number of fused-ring (bicyclic) bond motifs is 1. The molecule has 5 N–H and O–H groups in total. The van der Waals surface area contributed by atoms with E-state index in [0.717, 1.165) is 53.9 Å². The summed E-state index contributed by atoms with van der Waals surface area (Å²) in [4.78, 5) is 48.8. The molecular formula is C33H32ClN11O3. The Hall–Kier alpha value is -5.78. The van der Waals surface area contributed by atoms with Crippen LogP contribution in [-0.4, -0.2) is 84.4 Å². The normalized spacial score (nSPS) is 13.9. The van der Waals surface area contributed by atoms with E-state index in [1.165, 1.54) is 0 Å². The number of aromatic nitrogens is 5. The molecule has 15 heteroatoms. The maximum Gasteiger partial charge on any atom is 0.326 e. The van der Waals surface area contributed by atoms with Crippen molar-refractivity contribution < 1.29 is 14.7 Å². The zero-order chi connectivity index (χ0) is 33.5. The van der Waals surface area contributed by atoms with Crippen molar-refractivity contribution in [1.29, 1.82) is 5.26 Å². The Kier molecular flexibility index (Phi) is 9.89. The number of halogens is 1. The van der Waals surface area contributed by atoms with E-state index in [1.54, 1.807) is 41.3 Å². The predicted octanol–water partition coefficient (Wildman–Crippen LogP) is 4.01. The van der Waals surface area contributed by atoms with Gasteiger partial charge in [-0.1, -0.05) is 35.9 Å². The molecule has 0 bridgehead atoms. The molecule has 5 aromatic rings. The van der Waals surface area contributed by atoms with E-state index in [0.29, 0.717) is 29.5 Å². The second-order valence-corrected chi connectivity index (χ2v) is 11.7. The summed E-state index contributed by atoms with van der Waals surface area (Å²) in [6.07, 6.45) is 1.02. The van der Waals surface area contributed by atoms with E-state index in [1.807, 2.05) is 30.3 Å². The number of H-pyrrole nitrogens is 1. The maximum atomic E-state index is 12.3. The fourth-order valence-electron chi connectivity index (χ4n) is 5.33. The molecule has 244 valence electrons. The summed E-state index contributed by atoms with van der Waals surface area (Å²) >= 11 is 6.13. The smallest absolute Gasteiger partial charge is 0.326 e. The Morgan fingerprint density at radius 3 is 2.50 bits per heavy atom. The molecule has 1 aliphatic heterocycles. The van der Waals surface area contributed by atoms with Crippen LogP contribution in [0.4, 0.5) is 23.5 Å². The lowest BCUT2D eigenvalue weighted by Gasteiger charge is -2.32. The van der Waals surface area contributed by atoms with Gasteiger partial charge in [0.15, 0.2) is 0 Å². The summed E-state index contributed by atoms with van der Waals surface area (Å²) in [5.41, 5.74) is 4.58. The molecule has 1 atom stereocenters. The number of aliphatic carboxylic acids is 1. The number of hydrogen-bond acceptors (Lipinski definition) is 11. The summed E-state index contributed by atoms with van der Waals surface area (Å²) in [5.74, 6) is -0.0171. The third-order valence-electron chi connectivity index (χ3n) is 7.81. The molecule has 1 fully saturated rings. The molecule has 14 nitrogen and oxygen atoms in total. The summed E-state index contributed by atoms with van der Waals surface area (Å²) in [5, 5.41) is 29.1. The first kappa shape index (κ1) is 32.2. The van der Waals surface area contributed by atoms with Crippen LogP contribution in [0.2, 0.25) is 5.02 Å². The van der Waals surface area contributed by atoms with Crippen LogP contribution in [-0.2, 0) is 29.1 Å². The van der Waals surface area contributed by atoms with E-state index in [9.17, 15) is 14.7 Å². The number of piperazine rings is 1. The minimum atomic E-state index is -1.09. The van der Waals surface area contributed by atoms with Crippen LogP contribution >= 0.6 is 11.6 Å². The lowest BCUT2D eigenvalue weighted by atomic mass is 10.0. The number of carbonyl (C=O) groups excluding carboxylic acids is 1. The Morgan fingerprint density at radius 2 is 1.75 bits per heavy atom. The number of hydrogen-bond donors (Lipinski definition) is 5. The number of nitrogens with zero attached hydrogens (tertiary/aromatic N) is 7. The number of anilines is 4. The predicted molar refractivity (Wildman–Crippen MR) is 181 cm³/mol. The highest BCUT2D eigenvalue weighted by atomic mass is 35.5. The van der Waals surface area contributed by atoms with Crippen LogP contribution in [0.3, 0.4) is 0 Å². The van der Waals surface area contributed by atoms with Gasteiger partial charge >= 0.3 is 5.97 Å². The molecule has 1 saturated heterocycles. The first-order chi connectivity index (χ1) is 23.3. The van der Waals surface area contributed by atoms with Gasteiger partial charge in [-0.25, -0.2) is 9.78 Å². The Bertz CT molecular complexity index is 1950. The summed E-state index contributed by atoms with van der Waals surface area (Å²) < 4.78 is 0. The molecule has 0 spiro atoms. The van der Waals surface area contributed by atoms with Crippen molar-refractivity contribution in [3.8, 4) is 6.07 Å². The third-order valence-corrected chi connectivity index (χ3v) is 8.05. The van der Waals surface area contributed by atoms with Crippen LogP contribution in [0.25, 0.3) is 11.0 Å². The SMILES string of the molecule is N#Cc1ccc(CC(Nc2nc(NCc3nc4ccc(Cl)cc4[nH]3)nc(Nc3cccc(CN4CCN(C=O)CC4)c3)n2)C(=O)O)cc1. The highest BCUT2D eigenvalue weighted by Gasteiger charge is 2.21. The first-order valence-electron chi connectivity index (χ1n) is 15.2. The van der Waals surface area contributed by atoms with Crippen LogP contribution < -0.4 is 16.0 Å². The number of rotatable bonds is 13. The number of carbonyl (C=O) groups is 2. The van der Waals surface area contributed by atoms with Gasteiger partial charge in [0, 0.05) is 49.9 Å². The number of aromatic amines is 1. The standard InChI is InChI=1S/C33H32ClN11O3/c34-24-8-9-26-27(16-24)39-29(38-26)18-36-31-41-32(37-25-3-1-2-23(14-25)19-44-10-12-45(20-46)13-11-44)43-33(42-31)40-28(30(47)48)15-21-4-6-22(17-35)7-5-21/h1-9,14,16,20,28H,10-13,15,18-19H2,(H,38,39)(H,47,48)(H3,36,37,40,41,42,43). The molecule has 0 saturated carbocycles. The van der Waals surface area contributed by atoms with Gasteiger partial charge in [0.2, 0.25) is 24.3 Å². The quantitative estimate of drug-likeness (QED) is 0.114. The third kappa shape index (κ3) is 8.32. The summed E-state index contributed by atoms with van der Waals surface area (Å²) in [7, 11) is 0. The number of imidazole rings is 1. The number of amides is 1. The number of benzene rings is 3. The second-order valence-electron chi connectivity index (χ2n) is 11.3. The van der Waals surface area contributed by atoms with Gasteiger partial charge in [-0.3, -0.25) is 9.69 Å². The van der Waals surface area contributed by atoms with Crippen molar-refractivity contribution in [2.45, 2.75) is 25.6 Å². The number of nitriles is 1. The van der Waals surface area contributed by atoms with E-state index < -0.39 is 12.0 Å². The lowest BCUT2D eigenvalue weighted by molar-refractivity contribution is -0.137. The van der Waals surface area contributed by atoms with Gasteiger partial charge in [-0.2, -0.15) is 20.2 Å². The van der Waals surface area contributed by atoms with E-state index >= 15 is 0 Å². The minimum Gasteiger partial charge on any atom is -0.480 e. The number of carboxylic acids is 1. The molecule has 6 rings (SSSR count). The Morgan fingerprint density at radius 1 is 0.979 bits per heavy atom. The molecule has 1 unspecified atom stereocenters. The number of carboxylic acid groups (broad SMARTS) is 1. The molecule has 0 aliphatic carbocycles.